The molecule has 0 aliphatic rings. The third-order valence-electron chi connectivity index (χ3n) is 6.53. The Labute approximate surface area is 211 Å². The molecular weight excluding hydrogens is 426 g/mol. The largest absolute Gasteiger partial charge is 0.455 e. The molecule has 0 radical (unpaired) electrons. The maximum absolute atomic E-state index is 8.65. The molecule has 0 N–H and O–H groups in total. The summed E-state index contributed by atoms with van der Waals surface area (Å²) in [6, 6.07) is 32.4. The van der Waals surface area contributed by atoms with E-state index in [4.69, 9.17) is 9.90 Å². The highest BCUT2D eigenvalue weighted by Crippen LogP contribution is 2.42. The molecule has 0 amide bonds. The lowest BCUT2D eigenvalue weighted by atomic mass is 9.93. The van der Waals surface area contributed by atoms with Crippen molar-refractivity contribution in [3.05, 3.63) is 114 Å². The van der Waals surface area contributed by atoms with E-state index in [2.05, 4.69) is 53.5 Å². The zero-order valence-electron chi connectivity index (χ0n) is 23.7. The van der Waals surface area contributed by atoms with Gasteiger partial charge in [0, 0.05) is 28.0 Å². The molecule has 0 bridgehead atoms. The average Bonchev–Trinajstić information content (AvgIpc) is 3.31. The van der Waals surface area contributed by atoms with Crippen LogP contribution in [-0.2, 0) is 0 Å². The maximum Gasteiger partial charge on any atom is 0.145 e. The van der Waals surface area contributed by atoms with Crippen molar-refractivity contribution in [1.29, 1.82) is 0 Å². The summed E-state index contributed by atoms with van der Waals surface area (Å²) in [4.78, 5) is 4.57. The topological polar surface area (TPSA) is 26.0 Å². The first-order valence-corrected chi connectivity index (χ1v) is 11.7. The molecule has 0 unspecified atom stereocenters. The van der Waals surface area contributed by atoms with E-state index in [1.807, 2.05) is 42.5 Å². The fourth-order valence-electron chi connectivity index (χ4n) is 4.77. The maximum atomic E-state index is 8.65. The summed E-state index contributed by atoms with van der Waals surface area (Å²) >= 11 is 0. The number of aromatic nitrogens is 1. The van der Waals surface area contributed by atoms with Crippen LogP contribution in [0.1, 0.15) is 36.4 Å². The fraction of sp³-hybridized carbons (Fsp3) is 0.121. The highest BCUT2D eigenvalue weighted by atomic mass is 16.3. The summed E-state index contributed by atoms with van der Waals surface area (Å²) < 4.78 is 39.2. The molecule has 0 aliphatic heterocycles. The van der Waals surface area contributed by atoms with Gasteiger partial charge < -0.3 is 4.42 Å². The van der Waals surface area contributed by atoms with Crippen molar-refractivity contribution < 1.29 is 9.90 Å². The van der Waals surface area contributed by atoms with E-state index in [1.54, 1.807) is 19.9 Å². The standard InChI is InChI=1S/C33H27NO/c1-21(2)29-19-30(34-20-22(29)3)27-17-16-26(24-12-8-5-9-13-24)32-28-15-14-25(18-31(28)35-33(27)32)23-10-6-4-7-11-23/h4-21H,1-3H3/i3D3,21D. The number of aryl methyl sites for hydroxylation is 1. The molecular formula is C33H27NO. The van der Waals surface area contributed by atoms with Crippen LogP contribution < -0.4 is 0 Å². The normalized spacial score (nSPS) is 13.9. The van der Waals surface area contributed by atoms with Crippen LogP contribution in [0.25, 0.3) is 55.4 Å². The van der Waals surface area contributed by atoms with Gasteiger partial charge in [-0.15, -0.1) is 0 Å². The number of pyridine rings is 1. The SMILES string of the molecule is [2H]C([2H])([2H])c1cnc(-c2ccc(-c3ccccc3)c3c2oc2cc(-c4ccccc4)ccc23)cc1C([2H])(C)C. The summed E-state index contributed by atoms with van der Waals surface area (Å²) in [5.41, 5.74) is 7.57. The van der Waals surface area contributed by atoms with E-state index in [-0.39, 0.29) is 5.56 Å². The first-order valence-electron chi connectivity index (χ1n) is 13.7. The van der Waals surface area contributed by atoms with E-state index in [9.17, 15) is 0 Å². The van der Waals surface area contributed by atoms with Crippen molar-refractivity contribution in [2.24, 2.45) is 0 Å². The lowest BCUT2D eigenvalue weighted by Crippen LogP contribution is -1.95. The number of furan rings is 1. The van der Waals surface area contributed by atoms with Gasteiger partial charge in [-0.1, -0.05) is 86.6 Å². The summed E-state index contributed by atoms with van der Waals surface area (Å²) in [6.45, 7) is 1.03. The molecule has 0 atom stereocenters. The molecule has 0 saturated heterocycles. The molecule has 2 heterocycles. The summed E-state index contributed by atoms with van der Waals surface area (Å²) in [5.74, 6) is -1.12. The molecule has 2 nitrogen and oxygen atoms in total. The van der Waals surface area contributed by atoms with Crippen LogP contribution in [0, 0.1) is 6.85 Å². The first kappa shape index (κ1) is 17.3. The van der Waals surface area contributed by atoms with Gasteiger partial charge in [-0.2, -0.15) is 0 Å². The van der Waals surface area contributed by atoms with Crippen LogP contribution in [0.4, 0.5) is 0 Å². The molecule has 170 valence electrons. The molecule has 6 rings (SSSR count). The average molecular weight is 458 g/mol. The van der Waals surface area contributed by atoms with Crippen LogP contribution in [0.2, 0.25) is 0 Å². The van der Waals surface area contributed by atoms with Gasteiger partial charge in [0.1, 0.15) is 11.2 Å². The van der Waals surface area contributed by atoms with Gasteiger partial charge >= 0.3 is 0 Å². The second-order valence-corrected chi connectivity index (χ2v) is 9.02. The number of hydrogen-bond donors (Lipinski definition) is 0. The minimum absolute atomic E-state index is 0.0977. The zero-order chi connectivity index (χ0) is 27.4. The molecule has 0 fully saturated rings. The Hall–Kier alpha value is -4.17. The van der Waals surface area contributed by atoms with E-state index >= 15 is 0 Å². The van der Waals surface area contributed by atoms with E-state index in [0.29, 0.717) is 16.8 Å². The van der Waals surface area contributed by atoms with E-state index in [0.717, 1.165) is 44.2 Å². The van der Waals surface area contributed by atoms with Gasteiger partial charge in [0.2, 0.25) is 0 Å². The molecule has 0 aliphatic carbocycles. The van der Waals surface area contributed by atoms with Crippen molar-refractivity contribution >= 4 is 21.9 Å². The second kappa shape index (κ2) is 8.56. The number of fused-ring (bicyclic) bond motifs is 3. The Bertz CT molecular complexity index is 1810. The second-order valence-electron chi connectivity index (χ2n) is 9.02. The smallest absolute Gasteiger partial charge is 0.145 e. The monoisotopic (exact) mass is 457 g/mol. The molecule has 0 saturated carbocycles. The van der Waals surface area contributed by atoms with Crippen LogP contribution in [0.5, 0.6) is 0 Å². The minimum Gasteiger partial charge on any atom is -0.455 e. The molecule has 2 aromatic heterocycles. The Balaban J connectivity index is 1.64. The molecule has 4 aromatic carbocycles. The molecule has 35 heavy (non-hydrogen) atoms. The summed E-state index contributed by atoms with van der Waals surface area (Å²) in [6.07, 6.45) is 1.39. The number of nitrogens with zero attached hydrogens (tertiary/aromatic N) is 1. The number of rotatable bonds is 4. The van der Waals surface area contributed by atoms with Crippen LogP contribution in [0.15, 0.2) is 108 Å². The van der Waals surface area contributed by atoms with E-state index in [1.165, 1.54) is 6.20 Å². The zero-order valence-corrected chi connectivity index (χ0v) is 19.7. The first-order chi connectivity index (χ1) is 18.6. The van der Waals surface area contributed by atoms with Gasteiger partial charge in [0.25, 0.3) is 0 Å². The van der Waals surface area contributed by atoms with Crippen molar-refractivity contribution in [1.82, 2.24) is 4.98 Å². The number of benzene rings is 4. The van der Waals surface area contributed by atoms with Crippen molar-refractivity contribution in [2.75, 3.05) is 0 Å². The molecule has 6 aromatic rings. The van der Waals surface area contributed by atoms with Crippen molar-refractivity contribution in [3.63, 3.8) is 0 Å². The van der Waals surface area contributed by atoms with Crippen molar-refractivity contribution in [3.8, 4) is 33.5 Å². The minimum atomic E-state index is -2.36. The Morgan fingerprint density at radius 2 is 1.49 bits per heavy atom. The fourth-order valence-corrected chi connectivity index (χ4v) is 4.77. The predicted octanol–water partition coefficient (Wildman–Crippen LogP) is 9.41. The Morgan fingerprint density at radius 1 is 0.771 bits per heavy atom. The Kier molecular flexibility index (Phi) is 4.23. The molecule has 2 heteroatoms. The lowest BCUT2D eigenvalue weighted by Gasteiger charge is -2.12. The Morgan fingerprint density at radius 3 is 2.20 bits per heavy atom. The highest BCUT2D eigenvalue weighted by molar-refractivity contribution is 6.16. The van der Waals surface area contributed by atoms with Gasteiger partial charge in [-0.3, -0.25) is 4.98 Å². The molecule has 0 spiro atoms. The van der Waals surface area contributed by atoms with Crippen LogP contribution >= 0.6 is 0 Å². The van der Waals surface area contributed by atoms with Crippen molar-refractivity contribution in [2.45, 2.75) is 26.6 Å². The van der Waals surface area contributed by atoms with Gasteiger partial charge in [0.05, 0.1) is 5.69 Å². The van der Waals surface area contributed by atoms with Crippen LogP contribution in [0.3, 0.4) is 0 Å². The highest BCUT2D eigenvalue weighted by Gasteiger charge is 2.19. The number of hydrogen-bond acceptors (Lipinski definition) is 2. The summed E-state index contributed by atoms with van der Waals surface area (Å²) in [5, 5.41) is 1.97. The lowest BCUT2D eigenvalue weighted by molar-refractivity contribution is 0.670. The predicted molar refractivity (Wildman–Crippen MR) is 147 cm³/mol. The van der Waals surface area contributed by atoms with Gasteiger partial charge in [0.15, 0.2) is 0 Å². The summed E-state index contributed by atoms with van der Waals surface area (Å²) in [7, 11) is 0. The van der Waals surface area contributed by atoms with E-state index < -0.39 is 12.7 Å². The van der Waals surface area contributed by atoms with Crippen LogP contribution in [-0.4, -0.2) is 4.98 Å². The third kappa shape index (κ3) is 3.72. The third-order valence-corrected chi connectivity index (χ3v) is 6.53. The quantitative estimate of drug-likeness (QED) is 0.263. The van der Waals surface area contributed by atoms with Gasteiger partial charge in [-0.05, 0) is 70.4 Å². The van der Waals surface area contributed by atoms with Gasteiger partial charge in [-0.25, -0.2) is 0 Å².